The lowest BCUT2D eigenvalue weighted by Crippen LogP contribution is -2.00. The van der Waals surface area contributed by atoms with Gasteiger partial charge in [-0.25, -0.2) is 0 Å². The van der Waals surface area contributed by atoms with E-state index in [1.54, 1.807) is 11.3 Å². The van der Waals surface area contributed by atoms with Gasteiger partial charge in [-0.1, -0.05) is 11.2 Å². The van der Waals surface area contributed by atoms with Crippen molar-refractivity contribution in [3.05, 3.63) is 52.0 Å². The maximum absolute atomic E-state index is 5.29. The van der Waals surface area contributed by atoms with Crippen molar-refractivity contribution in [3.63, 3.8) is 0 Å². The zero-order valence-electron chi connectivity index (χ0n) is 9.88. The van der Waals surface area contributed by atoms with Gasteiger partial charge in [0.2, 0.25) is 0 Å². The van der Waals surface area contributed by atoms with Crippen molar-refractivity contribution in [2.45, 2.75) is 20.5 Å². The lowest BCUT2D eigenvalue weighted by molar-refractivity contribution is 0.131. The Morgan fingerprint density at radius 3 is 3.00 bits per heavy atom. The Morgan fingerprint density at radius 2 is 2.29 bits per heavy atom. The summed E-state index contributed by atoms with van der Waals surface area (Å²) in [4.78, 5) is 9.67. The van der Waals surface area contributed by atoms with Gasteiger partial charge in [0.1, 0.15) is 12.3 Å². The molecule has 4 heteroatoms. The molecule has 0 saturated carbocycles. The average Bonchev–Trinajstić information content (AvgIpc) is 2.82. The summed E-state index contributed by atoms with van der Waals surface area (Å²) in [6.45, 7) is 4.37. The van der Waals surface area contributed by atoms with Crippen LogP contribution in [-0.2, 0) is 11.4 Å². The molecular formula is C13H14N2OS. The molecule has 0 radical (unpaired) electrons. The summed E-state index contributed by atoms with van der Waals surface area (Å²) in [6.07, 6.45) is 0. The van der Waals surface area contributed by atoms with E-state index in [0.29, 0.717) is 6.61 Å². The molecule has 0 aliphatic carbocycles. The Balaban J connectivity index is 1.97. The van der Waals surface area contributed by atoms with Gasteiger partial charge in [0.05, 0.1) is 5.69 Å². The minimum atomic E-state index is 0.507. The van der Waals surface area contributed by atoms with Gasteiger partial charge >= 0.3 is 0 Å². The molecule has 0 bridgehead atoms. The second-order valence-electron chi connectivity index (χ2n) is 3.75. The van der Waals surface area contributed by atoms with E-state index in [2.05, 4.69) is 15.5 Å². The average molecular weight is 246 g/mol. The molecule has 3 nitrogen and oxygen atoms in total. The molecule has 0 spiro atoms. The predicted octanol–water partition coefficient (Wildman–Crippen LogP) is 3.39. The highest BCUT2D eigenvalue weighted by Crippen LogP contribution is 2.08. The van der Waals surface area contributed by atoms with Crippen LogP contribution in [-0.4, -0.2) is 10.7 Å². The van der Waals surface area contributed by atoms with Crippen LogP contribution >= 0.6 is 11.3 Å². The number of hydrogen-bond donors (Lipinski definition) is 0. The van der Waals surface area contributed by atoms with E-state index in [0.717, 1.165) is 22.7 Å². The molecule has 0 aliphatic rings. The molecule has 0 saturated heterocycles. The quantitative estimate of drug-likeness (QED) is 0.612. The number of thiophene rings is 1. The van der Waals surface area contributed by atoms with Crippen LogP contribution in [0.1, 0.15) is 23.9 Å². The SMILES string of the molecule is CC(=NOCc1ccsc1)c1cccc(C)n1. The maximum atomic E-state index is 5.29. The fourth-order valence-corrected chi connectivity index (χ4v) is 2.02. The van der Waals surface area contributed by atoms with Gasteiger partial charge in [0.15, 0.2) is 0 Å². The molecule has 2 rings (SSSR count). The monoisotopic (exact) mass is 246 g/mol. The van der Waals surface area contributed by atoms with Crippen LogP contribution in [0.5, 0.6) is 0 Å². The molecule has 17 heavy (non-hydrogen) atoms. The first-order chi connectivity index (χ1) is 8.25. The Morgan fingerprint density at radius 1 is 1.41 bits per heavy atom. The van der Waals surface area contributed by atoms with E-state index in [4.69, 9.17) is 4.84 Å². The van der Waals surface area contributed by atoms with Gasteiger partial charge in [-0.05, 0) is 42.8 Å². The summed E-state index contributed by atoms with van der Waals surface area (Å²) in [7, 11) is 0. The molecule has 2 aromatic rings. The van der Waals surface area contributed by atoms with Crippen molar-refractivity contribution in [3.8, 4) is 0 Å². The highest BCUT2D eigenvalue weighted by Gasteiger charge is 2.00. The Kier molecular flexibility index (Phi) is 3.88. The number of oxime groups is 1. The number of aryl methyl sites for hydroxylation is 1. The third kappa shape index (κ3) is 3.39. The fraction of sp³-hybridized carbons (Fsp3) is 0.231. The second-order valence-corrected chi connectivity index (χ2v) is 4.53. The highest BCUT2D eigenvalue weighted by molar-refractivity contribution is 7.07. The molecule has 0 N–H and O–H groups in total. The van der Waals surface area contributed by atoms with E-state index in [9.17, 15) is 0 Å². The number of hydrogen-bond acceptors (Lipinski definition) is 4. The van der Waals surface area contributed by atoms with E-state index in [1.165, 1.54) is 0 Å². The molecule has 88 valence electrons. The molecular weight excluding hydrogens is 232 g/mol. The summed E-state index contributed by atoms with van der Waals surface area (Å²) in [5, 5.41) is 8.15. The second kappa shape index (κ2) is 5.59. The summed E-state index contributed by atoms with van der Waals surface area (Å²) in [5.41, 5.74) is 3.78. The van der Waals surface area contributed by atoms with Crippen LogP contribution in [0.3, 0.4) is 0 Å². The first kappa shape index (κ1) is 11.8. The first-order valence-electron chi connectivity index (χ1n) is 5.37. The van der Waals surface area contributed by atoms with E-state index in [-0.39, 0.29) is 0 Å². The van der Waals surface area contributed by atoms with Crippen molar-refractivity contribution in [2.75, 3.05) is 0 Å². The zero-order chi connectivity index (χ0) is 12.1. The zero-order valence-corrected chi connectivity index (χ0v) is 10.7. The molecule has 0 fully saturated rings. The van der Waals surface area contributed by atoms with Crippen LogP contribution < -0.4 is 0 Å². The normalized spacial score (nSPS) is 11.5. The van der Waals surface area contributed by atoms with Crippen LogP contribution in [0.25, 0.3) is 0 Å². The fourth-order valence-electron chi connectivity index (χ4n) is 1.37. The standard InChI is InChI=1S/C13H14N2OS/c1-10-4-3-5-13(14-10)11(2)15-16-8-12-6-7-17-9-12/h3-7,9H,8H2,1-2H3. The van der Waals surface area contributed by atoms with Gasteiger partial charge in [-0.15, -0.1) is 0 Å². The van der Waals surface area contributed by atoms with E-state index < -0.39 is 0 Å². The molecule has 0 amide bonds. The van der Waals surface area contributed by atoms with Crippen LogP contribution in [0.2, 0.25) is 0 Å². The van der Waals surface area contributed by atoms with Crippen molar-refractivity contribution in [1.82, 2.24) is 4.98 Å². The van der Waals surface area contributed by atoms with E-state index >= 15 is 0 Å². The highest BCUT2D eigenvalue weighted by atomic mass is 32.1. The maximum Gasteiger partial charge on any atom is 0.143 e. The lowest BCUT2D eigenvalue weighted by atomic mass is 10.2. The number of aromatic nitrogens is 1. The summed E-state index contributed by atoms with van der Waals surface area (Å²) < 4.78 is 0. The van der Waals surface area contributed by atoms with Gasteiger partial charge in [0, 0.05) is 11.3 Å². The van der Waals surface area contributed by atoms with Gasteiger partial charge in [0.25, 0.3) is 0 Å². The predicted molar refractivity (Wildman–Crippen MR) is 70.3 cm³/mol. The minimum Gasteiger partial charge on any atom is -0.391 e. The molecule has 0 atom stereocenters. The van der Waals surface area contributed by atoms with Gasteiger partial charge < -0.3 is 4.84 Å². The molecule has 2 heterocycles. The summed E-state index contributed by atoms with van der Waals surface area (Å²) in [5.74, 6) is 0. The minimum absolute atomic E-state index is 0.507. The lowest BCUT2D eigenvalue weighted by Gasteiger charge is -2.01. The molecule has 0 aromatic carbocycles. The van der Waals surface area contributed by atoms with Crippen molar-refractivity contribution in [1.29, 1.82) is 0 Å². The third-order valence-corrected chi connectivity index (χ3v) is 3.00. The topological polar surface area (TPSA) is 34.5 Å². The number of rotatable bonds is 4. The number of pyridine rings is 1. The first-order valence-corrected chi connectivity index (χ1v) is 6.31. The van der Waals surface area contributed by atoms with Crippen LogP contribution in [0.15, 0.2) is 40.2 Å². The van der Waals surface area contributed by atoms with Gasteiger partial charge in [-0.3, -0.25) is 4.98 Å². The number of nitrogens with zero attached hydrogens (tertiary/aromatic N) is 2. The largest absolute Gasteiger partial charge is 0.391 e. The molecule has 2 aromatic heterocycles. The summed E-state index contributed by atoms with van der Waals surface area (Å²) >= 11 is 1.66. The molecule has 0 unspecified atom stereocenters. The van der Waals surface area contributed by atoms with Crippen LogP contribution in [0.4, 0.5) is 0 Å². The van der Waals surface area contributed by atoms with Crippen LogP contribution in [0, 0.1) is 6.92 Å². The Labute approximate surface area is 105 Å². The van der Waals surface area contributed by atoms with Crippen molar-refractivity contribution < 1.29 is 4.84 Å². The van der Waals surface area contributed by atoms with E-state index in [1.807, 2.05) is 43.5 Å². The molecule has 0 aliphatic heterocycles. The Bertz CT molecular complexity index is 506. The van der Waals surface area contributed by atoms with Gasteiger partial charge in [-0.2, -0.15) is 11.3 Å². The summed E-state index contributed by atoms with van der Waals surface area (Å²) in [6, 6.07) is 7.89. The Hall–Kier alpha value is -1.68. The van der Waals surface area contributed by atoms with Crippen molar-refractivity contribution >= 4 is 17.0 Å². The third-order valence-electron chi connectivity index (χ3n) is 2.27. The smallest absolute Gasteiger partial charge is 0.143 e. The van der Waals surface area contributed by atoms with Crippen molar-refractivity contribution in [2.24, 2.45) is 5.16 Å².